The summed E-state index contributed by atoms with van der Waals surface area (Å²) in [5.74, 6) is -0.539. The van der Waals surface area contributed by atoms with Crippen molar-refractivity contribution in [1.29, 1.82) is 0 Å². The number of carbonyl (C=O) groups excluding carboxylic acids is 3. The van der Waals surface area contributed by atoms with Crippen molar-refractivity contribution in [1.82, 2.24) is 10.2 Å². The van der Waals surface area contributed by atoms with Crippen molar-refractivity contribution in [3.63, 3.8) is 0 Å². The molecular weight excluding hydrogens is 619 g/mol. The van der Waals surface area contributed by atoms with Gasteiger partial charge in [0.1, 0.15) is 23.2 Å². The average molecular weight is 651 g/mol. The van der Waals surface area contributed by atoms with Crippen molar-refractivity contribution >= 4 is 68.1 Å². The summed E-state index contributed by atoms with van der Waals surface area (Å²) in [6.45, 7) is 0.754. The van der Waals surface area contributed by atoms with E-state index in [1.54, 1.807) is 12.1 Å². The minimum Gasteiger partial charge on any atom is -0.359 e. The van der Waals surface area contributed by atoms with E-state index in [4.69, 9.17) is 0 Å². The Hall–Kier alpha value is -4.12. The molecular formula is C36H31BrN2O3P+. The largest absolute Gasteiger partial charge is 0.359 e. The van der Waals surface area contributed by atoms with Gasteiger partial charge in [0.15, 0.2) is 0 Å². The highest BCUT2D eigenvalue weighted by atomic mass is 79.9. The van der Waals surface area contributed by atoms with E-state index < -0.39 is 7.26 Å². The molecule has 43 heavy (non-hydrogen) atoms. The van der Waals surface area contributed by atoms with Gasteiger partial charge in [-0.1, -0.05) is 82.7 Å². The van der Waals surface area contributed by atoms with Crippen LogP contribution in [-0.4, -0.2) is 41.9 Å². The van der Waals surface area contributed by atoms with Gasteiger partial charge in [-0.25, -0.2) is 0 Å². The van der Waals surface area contributed by atoms with E-state index in [9.17, 15) is 14.4 Å². The predicted molar refractivity (Wildman–Crippen MR) is 179 cm³/mol. The number of benzene rings is 5. The highest BCUT2D eigenvalue weighted by molar-refractivity contribution is 9.10. The maximum Gasteiger partial charge on any atom is 0.261 e. The molecule has 0 fully saturated rings. The third-order valence-corrected chi connectivity index (χ3v) is 14.0. The molecule has 6 rings (SSSR count). The number of hydrogen-bond donors (Lipinski definition) is 1. The molecule has 0 bridgehead atoms. The molecule has 3 amide bonds. The van der Waals surface area contributed by atoms with Crippen LogP contribution in [0, 0.1) is 0 Å². The first-order valence-electron chi connectivity index (χ1n) is 14.4. The zero-order valence-electron chi connectivity index (χ0n) is 23.5. The molecule has 1 aliphatic rings. The monoisotopic (exact) mass is 649 g/mol. The molecule has 5 aromatic carbocycles. The third kappa shape index (κ3) is 5.20. The van der Waals surface area contributed by atoms with Gasteiger partial charge in [0, 0.05) is 46.9 Å². The summed E-state index contributed by atoms with van der Waals surface area (Å²) in [5, 5.41) is 8.10. The molecule has 1 N–H and O–H groups in total. The fraction of sp³-hybridized carbons (Fsp3) is 0.139. The van der Waals surface area contributed by atoms with Gasteiger partial charge in [0.2, 0.25) is 6.41 Å². The molecule has 7 heteroatoms. The SMILES string of the molecule is O=CNCCC(CCN1C(=O)c2cccc3c(Br)ccc(c23)C1=O)[P+](c1ccccc1)(c1ccccc1)c1ccccc1. The topological polar surface area (TPSA) is 66.5 Å². The maximum atomic E-state index is 13.9. The Morgan fingerprint density at radius 3 is 1.74 bits per heavy atom. The minimum atomic E-state index is -2.34. The minimum absolute atomic E-state index is 0.0230. The summed E-state index contributed by atoms with van der Waals surface area (Å²) in [6.07, 6.45) is 1.99. The molecule has 5 nitrogen and oxygen atoms in total. The normalized spacial score (nSPS) is 13.7. The first kappa shape index (κ1) is 29.0. The van der Waals surface area contributed by atoms with Crippen molar-refractivity contribution in [2.75, 3.05) is 13.1 Å². The zero-order chi connectivity index (χ0) is 29.8. The van der Waals surface area contributed by atoms with Crippen LogP contribution < -0.4 is 21.2 Å². The molecule has 1 unspecified atom stereocenters. The number of amides is 3. The highest BCUT2D eigenvalue weighted by Gasteiger charge is 2.52. The second-order valence-electron chi connectivity index (χ2n) is 10.6. The molecule has 1 atom stereocenters. The Morgan fingerprint density at radius 1 is 0.674 bits per heavy atom. The second-order valence-corrected chi connectivity index (χ2v) is 15.2. The lowest BCUT2D eigenvalue weighted by atomic mass is 9.94. The molecule has 0 aromatic heterocycles. The molecule has 0 radical (unpaired) electrons. The quantitative estimate of drug-likeness (QED) is 0.0816. The van der Waals surface area contributed by atoms with Crippen LogP contribution in [0.5, 0.6) is 0 Å². The van der Waals surface area contributed by atoms with Gasteiger partial charge in [0.05, 0.1) is 5.66 Å². The van der Waals surface area contributed by atoms with E-state index in [-0.39, 0.29) is 24.0 Å². The van der Waals surface area contributed by atoms with Gasteiger partial charge in [-0.05, 0) is 60.0 Å². The number of nitrogens with one attached hydrogen (secondary N) is 1. The number of halogens is 1. The van der Waals surface area contributed by atoms with E-state index in [0.29, 0.717) is 35.9 Å². The first-order valence-corrected chi connectivity index (χ1v) is 17.0. The number of carbonyl (C=O) groups is 3. The zero-order valence-corrected chi connectivity index (χ0v) is 26.0. The Morgan fingerprint density at radius 2 is 1.21 bits per heavy atom. The number of hydrogen-bond acceptors (Lipinski definition) is 3. The van der Waals surface area contributed by atoms with Crippen LogP contribution in [0.4, 0.5) is 0 Å². The first-order chi connectivity index (χ1) is 21.1. The van der Waals surface area contributed by atoms with Crippen LogP contribution in [0.15, 0.2) is 126 Å². The molecule has 1 aliphatic heterocycles. The molecule has 0 saturated heterocycles. The van der Waals surface area contributed by atoms with Gasteiger partial charge >= 0.3 is 0 Å². The van der Waals surface area contributed by atoms with Gasteiger partial charge in [-0.2, -0.15) is 0 Å². The van der Waals surface area contributed by atoms with Crippen LogP contribution in [0.2, 0.25) is 0 Å². The van der Waals surface area contributed by atoms with Gasteiger partial charge < -0.3 is 5.32 Å². The Balaban J connectivity index is 1.46. The van der Waals surface area contributed by atoms with Gasteiger partial charge in [-0.3, -0.25) is 19.3 Å². The van der Waals surface area contributed by atoms with Crippen molar-refractivity contribution in [3.8, 4) is 0 Å². The molecule has 0 aliphatic carbocycles. The van der Waals surface area contributed by atoms with E-state index in [1.165, 1.54) is 20.8 Å². The van der Waals surface area contributed by atoms with Crippen molar-refractivity contribution in [3.05, 3.63) is 137 Å². The maximum absolute atomic E-state index is 13.9. The van der Waals surface area contributed by atoms with Gasteiger partial charge in [0.25, 0.3) is 11.8 Å². The summed E-state index contributed by atoms with van der Waals surface area (Å²) in [5.41, 5.74) is 1.11. The standard InChI is InChI=1S/C36H30BrN2O3P/c37-33-20-19-32-34-30(33)17-10-18-31(34)35(41)39(36(32)42)24-22-29(21-23-38-25-40)43(26-11-4-1-5-12-26,27-13-6-2-7-14-27)28-15-8-3-9-16-28/h1-20,25,29H,21-24H2/p+1. The second kappa shape index (κ2) is 12.6. The van der Waals surface area contributed by atoms with Crippen LogP contribution in [-0.2, 0) is 4.79 Å². The molecule has 0 spiro atoms. The fourth-order valence-corrected chi connectivity index (χ4v) is 12.1. The Bertz CT molecular complexity index is 1660. The van der Waals surface area contributed by atoms with Crippen molar-refractivity contribution in [2.45, 2.75) is 18.5 Å². The predicted octanol–water partition coefficient (Wildman–Crippen LogP) is 6.09. The van der Waals surface area contributed by atoms with Crippen LogP contribution in [0.25, 0.3) is 10.8 Å². The molecule has 214 valence electrons. The van der Waals surface area contributed by atoms with E-state index in [2.05, 4.69) is 94.0 Å². The lowest BCUT2D eigenvalue weighted by molar-refractivity contribution is -0.109. The highest BCUT2D eigenvalue weighted by Crippen LogP contribution is 2.61. The van der Waals surface area contributed by atoms with Crippen molar-refractivity contribution < 1.29 is 14.4 Å². The smallest absolute Gasteiger partial charge is 0.261 e. The lowest BCUT2D eigenvalue weighted by Gasteiger charge is -2.36. The van der Waals surface area contributed by atoms with E-state index >= 15 is 0 Å². The molecule has 1 heterocycles. The number of nitrogens with zero attached hydrogens (tertiary/aromatic N) is 1. The summed E-state index contributed by atoms with van der Waals surface area (Å²) < 4.78 is 0.855. The molecule has 5 aromatic rings. The summed E-state index contributed by atoms with van der Waals surface area (Å²) >= 11 is 3.58. The summed E-state index contributed by atoms with van der Waals surface area (Å²) in [6, 6.07) is 41.0. The summed E-state index contributed by atoms with van der Waals surface area (Å²) in [4.78, 5) is 40.6. The van der Waals surface area contributed by atoms with Crippen LogP contribution in [0.3, 0.4) is 0 Å². The average Bonchev–Trinajstić information content (AvgIpc) is 3.06. The third-order valence-electron chi connectivity index (χ3n) is 8.37. The van der Waals surface area contributed by atoms with Crippen LogP contribution >= 0.6 is 23.2 Å². The molecule has 0 saturated carbocycles. The number of imide groups is 1. The summed E-state index contributed by atoms with van der Waals surface area (Å²) in [7, 11) is -2.34. The van der Waals surface area contributed by atoms with Crippen LogP contribution in [0.1, 0.15) is 33.6 Å². The van der Waals surface area contributed by atoms with Gasteiger partial charge in [-0.15, -0.1) is 0 Å². The van der Waals surface area contributed by atoms with E-state index in [1.807, 2.05) is 36.4 Å². The Kier molecular flexibility index (Phi) is 8.51. The fourth-order valence-electron chi connectivity index (χ4n) is 6.50. The number of rotatable bonds is 11. The Labute approximate surface area is 260 Å². The van der Waals surface area contributed by atoms with Crippen molar-refractivity contribution in [2.24, 2.45) is 0 Å². The van der Waals surface area contributed by atoms with E-state index in [0.717, 1.165) is 16.3 Å². The lowest BCUT2D eigenvalue weighted by Crippen LogP contribution is -2.45.